The zero-order chi connectivity index (χ0) is 19.8. The number of amides is 1. The van der Waals surface area contributed by atoms with E-state index < -0.39 is 27.3 Å². The van der Waals surface area contributed by atoms with Gasteiger partial charge in [0.25, 0.3) is 5.91 Å². The molecule has 1 saturated carbocycles. The second-order valence-corrected chi connectivity index (χ2v) is 8.41. The molecule has 0 aliphatic heterocycles. The van der Waals surface area contributed by atoms with Crippen molar-refractivity contribution in [2.75, 3.05) is 6.26 Å². The van der Waals surface area contributed by atoms with Crippen LogP contribution in [0.1, 0.15) is 23.2 Å². The molecule has 1 aromatic carbocycles. The van der Waals surface area contributed by atoms with Crippen molar-refractivity contribution in [1.82, 2.24) is 9.71 Å². The molecule has 3 rings (SSSR count). The molecule has 0 saturated heterocycles. The maximum atomic E-state index is 14.2. The number of ether oxygens (including phenoxy) is 2. The summed E-state index contributed by atoms with van der Waals surface area (Å²) in [4.78, 5) is 15.9. The first-order valence-corrected chi connectivity index (χ1v) is 10.3. The van der Waals surface area contributed by atoms with Gasteiger partial charge in [-0.3, -0.25) is 4.79 Å². The summed E-state index contributed by atoms with van der Waals surface area (Å²) in [6, 6.07) is 3.26. The Morgan fingerprint density at radius 2 is 1.96 bits per heavy atom. The van der Waals surface area contributed by atoms with Crippen LogP contribution in [0.3, 0.4) is 0 Å². The predicted octanol–water partition coefficient (Wildman–Crippen LogP) is 3.55. The van der Waals surface area contributed by atoms with Gasteiger partial charge in [-0.05, 0) is 18.9 Å². The summed E-state index contributed by atoms with van der Waals surface area (Å²) in [6.07, 6.45) is 4.13. The quantitative estimate of drug-likeness (QED) is 0.746. The zero-order valence-corrected chi connectivity index (χ0v) is 16.2. The van der Waals surface area contributed by atoms with E-state index in [4.69, 9.17) is 32.7 Å². The summed E-state index contributed by atoms with van der Waals surface area (Å²) in [5, 5.41) is 0.115. The summed E-state index contributed by atoms with van der Waals surface area (Å²) in [5.74, 6) is -1.80. The van der Waals surface area contributed by atoms with Gasteiger partial charge in [-0.1, -0.05) is 23.2 Å². The fourth-order valence-corrected chi connectivity index (χ4v) is 2.88. The molecule has 0 radical (unpaired) electrons. The van der Waals surface area contributed by atoms with Crippen molar-refractivity contribution in [3.8, 4) is 17.4 Å². The summed E-state index contributed by atoms with van der Waals surface area (Å²) in [6.45, 7) is 0. The van der Waals surface area contributed by atoms with E-state index in [1.807, 2.05) is 0 Å². The number of carbonyl (C=O) groups excluding carboxylic acids is 1. The summed E-state index contributed by atoms with van der Waals surface area (Å²) < 4.78 is 49.0. The van der Waals surface area contributed by atoms with E-state index >= 15 is 0 Å². The van der Waals surface area contributed by atoms with Crippen molar-refractivity contribution >= 4 is 39.1 Å². The lowest BCUT2D eigenvalue weighted by atomic mass is 10.2. The molecular formula is C16H13Cl2FN2O5S. The predicted molar refractivity (Wildman–Crippen MR) is 96.7 cm³/mol. The fourth-order valence-electron chi connectivity index (χ4n) is 2.03. The number of benzene rings is 1. The second-order valence-electron chi connectivity index (χ2n) is 5.84. The first-order chi connectivity index (χ1) is 12.6. The lowest BCUT2D eigenvalue weighted by molar-refractivity contribution is 0.0977. The summed E-state index contributed by atoms with van der Waals surface area (Å²) in [5.41, 5.74) is -0.540. The Bertz CT molecular complexity index is 1010. The van der Waals surface area contributed by atoms with Gasteiger partial charge in [0.15, 0.2) is 0 Å². The normalized spacial score (nSPS) is 13.9. The minimum atomic E-state index is -3.85. The van der Waals surface area contributed by atoms with Gasteiger partial charge in [0.1, 0.15) is 28.4 Å². The number of nitrogens with one attached hydrogen (secondary N) is 1. The topological polar surface area (TPSA) is 94.6 Å². The van der Waals surface area contributed by atoms with Crippen LogP contribution >= 0.6 is 23.2 Å². The number of carbonyl (C=O) groups is 1. The van der Waals surface area contributed by atoms with Crippen LogP contribution in [0.25, 0.3) is 0 Å². The molecule has 1 amide bonds. The fraction of sp³-hybridized carbons (Fsp3) is 0.250. The van der Waals surface area contributed by atoms with Crippen LogP contribution in [0.4, 0.5) is 4.39 Å². The van der Waals surface area contributed by atoms with Gasteiger partial charge in [-0.15, -0.1) is 0 Å². The average Bonchev–Trinajstić information content (AvgIpc) is 3.35. The third kappa shape index (κ3) is 5.21. The highest BCUT2D eigenvalue weighted by Gasteiger charge is 2.25. The first kappa shape index (κ1) is 19.7. The van der Waals surface area contributed by atoms with Crippen molar-refractivity contribution in [3.63, 3.8) is 0 Å². The van der Waals surface area contributed by atoms with Crippen molar-refractivity contribution in [3.05, 3.63) is 45.8 Å². The van der Waals surface area contributed by atoms with E-state index in [0.717, 1.165) is 31.2 Å². The molecule has 1 aliphatic rings. The molecule has 1 N–H and O–H groups in total. The Labute approximate surface area is 164 Å². The van der Waals surface area contributed by atoms with Crippen molar-refractivity contribution in [2.24, 2.45) is 0 Å². The SMILES string of the molecule is CS(=O)(=O)NC(=O)c1cc(Cl)c(Oc2cnc(OC3CC3)c(Cl)c2)cc1F. The number of nitrogens with zero attached hydrogens (tertiary/aromatic N) is 1. The lowest BCUT2D eigenvalue weighted by Gasteiger charge is -2.11. The standard InChI is InChI=1S/C16H13Cl2FN2O5S/c1-27(23,24)21-15(22)10-5-11(17)14(6-13(10)19)25-9-4-12(18)16(20-7-9)26-8-2-3-8/h4-8H,2-3H2,1H3,(H,21,22). The Balaban J connectivity index is 1.80. The van der Waals surface area contributed by atoms with Crippen LogP contribution in [-0.2, 0) is 10.0 Å². The number of hydrogen-bond acceptors (Lipinski definition) is 6. The number of hydrogen-bond donors (Lipinski definition) is 1. The minimum absolute atomic E-state index is 0.0983. The molecule has 2 aromatic rings. The molecule has 1 heterocycles. The van der Waals surface area contributed by atoms with Gasteiger partial charge in [0.05, 0.1) is 23.0 Å². The number of aromatic nitrogens is 1. The third-order valence-electron chi connectivity index (χ3n) is 3.36. The number of sulfonamides is 1. The molecule has 0 spiro atoms. The maximum Gasteiger partial charge on any atom is 0.267 e. The molecule has 11 heteroatoms. The summed E-state index contributed by atoms with van der Waals surface area (Å²) in [7, 11) is -3.85. The number of halogens is 3. The highest BCUT2D eigenvalue weighted by molar-refractivity contribution is 7.89. The third-order valence-corrected chi connectivity index (χ3v) is 4.48. The smallest absolute Gasteiger partial charge is 0.267 e. The molecule has 27 heavy (non-hydrogen) atoms. The van der Waals surface area contributed by atoms with Gasteiger partial charge in [-0.2, -0.15) is 0 Å². The molecule has 1 fully saturated rings. The van der Waals surface area contributed by atoms with Crippen molar-refractivity contribution < 1.29 is 27.1 Å². The maximum absolute atomic E-state index is 14.2. The van der Waals surface area contributed by atoms with E-state index in [2.05, 4.69) is 4.98 Å². The van der Waals surface area contributed by atoms with Crippen LogP contribution in [-0.4, -0.2) is 31.7 Å². The van der Waals surface area contributed by atoms with E-state index in [-0.39, 0.29) is 33.5 Å². The van der Waals surface area contributed by atoms with Crippen molar-refractivity contribution in [1.29, 1.82) is 0 Å². The molecule has 1 aromatic heterocycles. The van der Waals surface area contributed by atoms with Crippen molar-refractivity contribution in [2.45, 2.75) is 18.9 Å². The number of pyridine rings is 1. The lowest BCUT2D eigenvalue weighted by Crippen LogP contribution is -2.30. The first-order valence-electron chi connectivity index (χ1n) is 7.63. The Morgan fingerprint density at radius 3 is 2.56 bits per heavy atom. The highest BCUT2D eigenvalue weighted by Crippen LogP contribution is 2.35. The van der Waals surface area contributed by atoms with Crippen LogP contribution in [0.2, 0.25) is 10.0 Å². The highest BCUT2D eigenvalue weighted by atomic mass is 35.5. The van der Waals surface area contributed by atoms with Gasteiger partial charge < -0.3 is 9.47 Å². The Hall–Kier alpha value is -2.10. The molecule has 7 nitrogen and oxygen atoms in total. The second kappa shape index (κ2) is 7.49. The molecule has 1 aliphatic carbocycles. The largest absolute Gasteiger partial charge is 0.473 e. The van der Waals surface area contributed by atoms with E-state index in [1.165, 1.54) is 12.3 Å². The van der Waals surface area contributed by atoms with Gasteiger partial charge >= 0.3 is 0 Å². The minimum Gasteiger partial charge on any atom is -0.473 e. The zero-order valence-electron chi connectivity index (χ0n) is 13.8. The summed E-state index contributed by atoms with van der Waals surface area (Å²) >= 11 is 12.1. The van der Waals surface area contributed by atoms with Gasteiger partial charge in [0, 0.05) is 12.1 Å². The van der Waals surface area contributed by atoms with Crippen LogP contribution < -0.4 is 14.2 Å². The van der Waals surface area contributed by atoms with E-state index in [0.29, 0.717) is 0 Å². The van der Waals surface area contributed by atoms with Crippen LogP contribution in [0, 0.1) is 5.82 Å². The molecular weight excluding hydrogens is 422 g/mol. The van der Waals surface area contributed by atoms with Crippen LogP contribution in [0.5, 0.6) is 17.4 Å². The van der Waals surface area contributed by atoms with E-state index in [1.54, 1.807) is 4.72 Å². The van der Waals surface area contributed by atoms with Crippen LogP contribution in [0.15, 0.2) is 24.4 Å². The van der Waals surface area contributed by atoms with Gasteiger partial charge in [-0.25, -0.2) is 22.5 Å². The Kier molecular flexibility index (Phi) is 5.45. The average molecular weight is 435 g/mol. The molecule has 0 unspecified atom stereocenters. The molecule has 144 valence electrons. The Morgan fingerprint density at radius 1 is 1.26 bits per heavy atom. The number of rotatable bonds is 6. The van der Waals surface area contributed by atoms with Gasteiger partial charge in [0.2, 0.25) is 15.9 Å². The molecule has 0 bridgehead atoms. The monoisotopic (exact) mass is 434 g/mol. The molecule has 0 atom stereocenters. The van der Waals surface area contributed by atoms with E-state index in [9.17, 15) is 17.6 Å².